The SMILES string of the molecule is CCOc1ccc(CNC(=O)c2cc(S(=O)(=O)N3CCN(C)CC3)ccc2C)cc1. The van der Waals surface area contributed by atoms with Crippen LogP contribution in [0.25, 0.3) is 0 Å². The topological polar surface area (TPSA) is 78.9 Å². The zero-order valence-electron chi connectivity index (χ0n) is 17.7. The monoisotopic (exact) mass is 431 g/mol. The Kier molecular flexibility index (Phi) is 7.12. The number of benzene rings is 2. The van der Waals surface area contributed by atoms with Gasteiger partial charge in [0.15, 0.2) is 0 Å². The lowest BCUT2D eigenvalue weighted by atomic mass is 10.1. The van der Waals surface area contributed by atoms with E-state index in [0.717, 1.165) is 16.9 Å². The van der Waals surface area contributed by atoms with Crippen LogP contribution in [-0.4, -0.2) is 63.4 Å². The summed E-state index contributed by atoms with van der Waals surface area (Å²) >= 11 is 0. The van der Waals surface area contributed by atoms with Gasteiger partial charge in [-0.25, -0.2) is 8.42 Å². The molecule has 3 rings (SSSR count). The molecule has 0 atom stereocenters. The van der Waals surface area contributed by atoms with E-state index in [1.54, 1.807) is 19.1 Å². The van der Waals surface area contributed by atoms with Gasteiger partial charge >= 0.3 is 0 Å². The number of nitrogens with one attached hydrogen (secondary N) is 1. The molecule has 1 N–H and O–H groups in total. The van der Waals surface area contributed by atoms with E-state index >= 15 is 0 Å². The number of hydrogen-bond acceptors (Lipinski definition) is 5. The summed E-state index contributed by atoms with van der Waals surface area (Å²) in [5, 5.41) is 2.88. The Hall–Kier alpha value is -2.42. The average Bonchev–Trinajstić information content (AvgIpc) is 2.74. The molecule has 1 aliphatic rings. The summed E-state index contributed by atoms with van der Waals surface area (Å²) in [4.78, 5) is 15.0. The molecule has 0 bridgehead atoms. The van der Waals surface area contributed by atoms with Gasteiger partial charge in [-0.05, 0) is 56.3 Å². The Morgan fingerprint density at radius 2 is 1.73 bits per heavy atom. The second-order valence-corrected chi connectivity index (χ2v) is 9.38. The number of rotatable bonds is 7. The maximum Gasteiger partial charge on any atom is 0.251 e. The number of amides is 1. The van der Waals surface area contributed by atoms with Crippen molar-refractivity contribution in [1.29, 1.82) is 0 Å². The van der Waals surface area contributed by atoms with Gasteiger partial charge in [0.25, 0.3) is 5.91 Å². The minimum atomic E-state index is -3.62. The summed E-state index contributed by atoms with van der Waals surface area (Å²) in [6, 6.07) is 12.3. The number of aryl methyl sites for hydroxylation is 1. The van der Waals surface area contributed by atoms with E-state index < -0.39 is 10.0 Å². The van der Waals surface area contributed by atoms with Crippen LogP contribution < -0.4 is 10.1 Å². The van der Waals surface area contributed by atoms with Crippen molar-refractivity contribution in [2.24, 2.45) is 0 Å². The number of piperazine rings is 1. The molecular formula is C22H29N3O4S. The number of ether oxygens (including phenoxy) is 1. The van der Waals surface area contributed by atoms with E-state index in [1.807, 2.05) is 38.2 Å². The van der Waals surface area contributed by atoms with E-state index in [4.69, 9.17) is 4.74 Å². The van der Waals surface area contributed by atoms with Gasteiger partial charge in [-0.3, -0.25) is 4.79 Å². The van der Waals surface area contributed by atoms with Crippen LogP contribution in [0.15, 0.2) is 47.4 Å². The third kappa shape index (κ3) is 5.19. The van der Waals surface area contributed by atoms with Crippen molar-refractivity contribution < 1.29 is 17.9 Å². The van der Waals surface area contributed by atoms with E-state index in [0.29, 0.717) is 44.9 Å². The van der Waals surface area contributed by atoms with Crippen molar-refractivity contribution >= 4 is 15.9 Å². The lowest BCUT2D eigenvalue weighted by Crippen LogP contribution is -2.47. The molecule has 2 aromatic carbocycles. The van der Waals surface area contributed by atoms with Crippen molar-refractivity contribution in [3.8, 4) is 5.75 Å². The molecule has 0 radical (unpaired) electrons. The minimum Gasteiger partial charge on any atom is -0.494 e. The van der Waals surface area contributed by atoms with Crippen molar-refractivity contribution in [3.05, 3.63) is 59.2 Å². The van der Waals surface area contributed by atoms with E-state index in [9.17, 15) is 13.2 Å². The standard InChI is InChI=1S/C22H29N3O4S/c1-4-29-19-8-6-18(7-9-19)16-23-22(26)21-15-20(10-5-17(21)2)30(27,28)25-13-11-24(3)12-14-25/h5-10,15H,4,11-14,16H2,1-3H3,(H,23,26). The summed E-state index contributed by atoms with van der Waals surface area (Å²) in [6.45, 7) is 6.97. The molecule has 30 heavy (non-hydrogen) atoms. The quantitative estimate of drug-likeness (QED) is 0.728. The number of likely N-dealkylation sites (N-methyl/N-ethyl adjacent to an activating group) is 1. The van der Waals surface area contributed by atoms with E-state index in [2.05, 4.69) is 10.2 Å². The first-order chi connectivity index (χ1) is 14.3. The second kappa shape index (κ2) is 9.59. The number of hydrogen-bond donors (Lipinski definition) is 1. The third-order valence-electron chi connectivity index (χ3n) is 5.24. The molecule has 0 saturated carbocycles. The molecule has 1 amide bonds. The Morgan fingerprint density at radius 1 is 1.07 bits per heavy atom. The summed E-state index contributed by atoms with van der Waals surface area (Å²) in [5.74, 6) is 0.488. The third-order valence-corrected chi connectivity index (χ3v) is 7.14. The van der Waals surface area contributed by atoms with Crippen molar-refractivity contribution in [3.63, 3.8) is 0 Å². The number of carbonyl (C=O) groups excluding carboxylic acids is 1. The molecule has 8 heteroatoms. The smallest absolute Gasteiger partial charge is 0.251 e. The lowest BCUT2D eigenvalue weighted by Gasteiger charge is -2.31. The van der Waals surface area contributed by atoms with Gasteiger partial charge in [0, 0.05) is 38.3 Å². The number of nitrogens with zero attached hydrogens (tertiary/aromatic N) is 2. The fraction of sp³-hybridized carbons (Fsp3) is 0.409. The Balaban J connectivity index is 1.71. The highest BCUT2D eigenvalue weighted by atomic mass is 32.2. The average molecular weight is 432 g/mol. The summed E-state index contributed by atoms with van der Waals surface area (Å²) in [7, 11) is -1.65. The molecule has 2 aromatic rings. The normalized spacial score (nSPS) is 15.7. The van der Waals surface area contributed by atoms with Gasteiger partial charge in [0.2, 0.25) is 10.0 Å². The Labute approximate surface area is 178 Å². The number of carbonyl (C=O) groups is 1. The predicted molar refractivity (Wildman–Crippen MR) is 116 cm³/mol. The van der Waals surface area contributed by atoms with Crippen molar-refractivity contribution in [2.75, 3.05) is 39.8 Å². The van der Waals surface area contributed by atoms with Crippen LogP contribution in [0.3, 0.4) is 0 Å². The van der Waals surface area contributed by atoms with Crippen LogP contribution in [0.1, 0.15) is 28.4 Å². The van der Waals surface area contributed by atoms with Crippen LogP contribution in [0.4, 0.5) is 0 Å². The van der Waals surface area contributed by atoms with Gasteiger partial charge < -0.3 is 15.0 Å². The summed E-state index contributed by atoms with van der Waals surface area (Å²) < 4.78 is 32.9. The zero-order chi connectivity index (χ0) is 21.7. The highest BCUT2D eigenvalue weighted by Crippen LogP contribution is 2.21. The fourth-order valence-electron chi connectivity index (χ4n) is 3.33. The maximum absolute atomic E-state index is 13.0. The van der Waals surface area contributed by atoms with Gasteiger partial charge in [-0.2, -0.15) is 4.31 Å². The van der Waals surface area contributed by atoms with Gasteiger partial charge in [0.1, 0.15) is 5.75 Å². The van der Waals surface area contributed by atoms with E-state index in [1.165, 1.54) is 10.4 Å². The molecule has 162 valence electrons. The largest absolute Gasteiger partial charge is 0.494 e. The summed E-state index contributed by atoms with van der Waals surface area (Å²) in [5.41, 5.74) is 2.04. The highest BCUT2D eigenvalue weighted by molar-refractivity contribution is 7.89. The minimum absolute atomic E-state index is 0.156. The Bertz CT molecular complexity index is 982. The zero-order valence-corrected chi connectivity index (χ0v) is 18.5. The van der Waals surface area contributed by atoms with Gasteiger partial charge in [-0.1, -0.05) is 18.2 Å². The van der Waals surface area contributed by atoms with Crippen LogP contribution in [0.5, 0.6) is 5.75 Å². The van der Waals surface area contributed by atoms with Crippen LogP contribution in [-0.2, 0) is 16.6 Å². The fourth-order valence-corrected chi connectivity index (χ4v) is 4.78. The molecule has 0 aliphatic carbocycles. The molecule has 0 aromatic heterocycles. The molecule has 0 spiro atoms. The first-order valence-corrected chi connectivity index (χ1v) is 11.5. The molecule has 1 heterocycles. The summed E-state index contributed by atoms with van der Waals surface area (Å²) in [6.07, 6.45) is 0. The molecule has 7 nitrogen and oxygen atoms in total. The molecule has 1 fully saturated rings. The Morgan fingerprint density at radius 3 is 2.37 bits per heavy atom. The van der Waals surface area contributed by atoms with E-state index in [-0.39, 0.29) is 10.8 Å². The highest BCUT2D eigenvalue weighted by Gasteiger charge is 2.28. The predicted octanol–water partition coefficient (Wildman–Crippen LogP) is 2.26. The molecule has 1 saturated heterocycles. The lowest BCUT2D eigenvalue weighted by molar-refractivity contribution is 0.0950. The maximum atomic E-state index is 13.0. The van der Waals surface area contributed by atoms with Crippen LogP contribution in [0.2, 0.25) is 0 Å². The van der Waals surface area contributed by atoms with Gasteiger partial charge in [-0.15, -0.1) is 0 Å². The first-order valence-electron chi connectivity index (χ1n) is 10.1. The van der Waals surface area contributed by atoms with Crippen molar-refractivity contribution in [2.45, 2.75) is 25.3 Å². The van der Waals surface area contributed by atoms with Crippen LogP contribution >= 0.6 is 0 Å². The van der Waals surface area contributed by atoms with Gasteiger partial charge in [0.05, 0.1) is 11.5 Å². The first kappa shape index (κ1) is 22.3. The molecule has 0 unspecified atom stereocenters. The van der Waals surface area contributed by atoms with Crippen molar-refractivity contribution in [1.82, 2.24) is 14.5 Å². The number of sulfonamides is 1. The van der Waals surface area contributed by atoms with Crippen LogP contribution in [0, 0.1) is 6.92 Å². The molecule has 1 aliphatic heterocycles. The second-order valence-electron chi connectivity index (χ2n) is 7.44. The molecular weight excluding hydrogens is 402 g/mol.